The lowest BCUT2D eigenvalue weighted by atomic mass is 9.94. The molecule has 6 rings (SSSR count). The first-order chi connectivity index (χ1) is 21.7. The summed E-state index contributed by atoms with van der Waals surface area (Å²) in [6, 6.07) is 14.3. The van der Waals surface area contributed by atoms with Crippen LogP contribution < -0.4 is 10.6 Å². The Kier molecular flexibility index (Phi) is 8.18. The van der Waals surface area contributed by atoms with Crippen LogP contribution in [0, 0.1) is 18.6 Å². The Morgan fingerprint density at radius 3 is 2.53 bits per heavy atom. The van der Waals surface area contributed by atoms with Crippen molar-refractivity contribution in [2.45, 2.75) is 24.9 Å². The number of hydrogen-bond donors (Lipinski definition) is 2. The molecule has 4 heterocycles. The van der Waals surface area contributed by atoms with Crippen molar-refractivity contribution in [2.75, 3.05) is 25.5 Å². The summed E-state index contributed by atoms with van der Waals surface area (Å²) in [6.45, 7) is 2.27. The summed E-state index contributed by atoms with van der Waals surface area (Å²) < 4.78 is 42.2. The van der Waals surface area contributed by atoms with Crippen molar-refractivity contribution in [3.63, 3.8) is 0 Å². The van der Waals surface area contributed by atoms with Crippen molar-refractivity contribution < 1.29 is 27.5 Å². The van der Waals surface area contributed by atoms with Gasteiger partial charge in [0.05, 0.1) is 31.3 Å². The van der Waals surface area contributed by atoms with Crippen molar-refractivity contribution in [1.82, 2.24) is 29.8 Å². The number of esters is 1. The fraction of sp³-hybridized carbons (Fsp3) is 0.250. The molecule has 5 aromatic rings. The van der Waals surface area contributed by atoms with Gasteiger partial charge in [0.2, 0.25) is 0 Å². The van der Waals surface area contributed by atoms with Gasteiger partial charge in [-0.2, -0.15) is 10.2 Å². The summed E-state index contributed by atoms with van der Waals surface area (Å²) in [5.74, 6) is -2.23. The molecule has 1 aliphatic rings. The smallest absolute Gasteiger partial charge is 0.331 e. The molecule has 0 spiro atoms. The topological polar surface area (TPSA) is 119 Å². The highest BCUT2D eigenvalue weighted by Gasteiger charge is 2.42. The molecule has 3 aromatic heterocycles. The molecular weight excluding hydrogens is 584 g/mol. The molecule has 1 unspecified atom stereocenters. The highest BCUT2D eigenvalue weighted by atomic mass is 19.2. The van der Waals surface area contributed by atoms with Gasteiger partial charge < -0.3 is 14.5 Å². The number of benzene rings is 2. The van der Waals surface area contributed by atoms with Crippen molar-refractivity contribution >= 4 is 17.8 Å². The van der Waals surface area contributed by atoms with Crippen LogP contribution in [0.5, 0.6) is 0 Å². The van der Waals surface area contributed by atoms with Crippen molar-refractivity contribution in [3.8, 4) is 16.9 Å². The molecule has 1 saturated heterocycles. The lowest BCUT2D eigenvalue weighted by molar-refractivity contribution is -0.147. The zero-order valence-electron chi connectivity index (χ0n) is 24.8. The Morgan fingerprint density at radius 1 is 1.07 bits per heavy atom. The third kappa shape index (κ3) is 5.94. The Hall–Kier alpha value is -5.30. The van der Waals surface area contributed by atoms with Gasteiger partial charge in [-0.25, -0.2) is 23.1 Å². The summed E-state index contributed by atoms with van der Waals surface area (Å²) in [5, 5.41) is 15.0. The Labute approximate surface area is 257 Å². The van der Waals surface area contributed by atoms with Crippen molar-refractivity contribution in [2.24, 2.45) is 7.05 Å². The van der Waals surface area contributed by atoms with Crippen LogP contribution in [0.1, 0.15) is 28.8 Å². The number of carbonyl (C=O) groups is 2. The quantitative estimate of drug-likeness (QED) is 0.237. The minimum Gasteiger partial charge on any atom is -0.467 e. The number of aromatic nitrogens is 4. The maximum absolute atomic E-state index is 14.4. The molecule has 2 N–H and O–H groups in total. The molecule has 2 aromatic carbocycles. The molecule has 0 bridgehead atoms. The highest BCUT2D eigenvalue weighted by molar-refractivity contribution is 5.91. The molecule has 1 aliphatic heterocycles. The molecular formula is C32H31F2N7O4. The zero-order valence-corrected chi connectivity index (χ0v) is 24.8. The molecule has 0 radical (unpaired) electrons. The van der Waals surface area contributed by atoms with Gasteiger partial charge in [-0.1, -0.05) is 24.3 Å². The highest BCUT2D eigenvalue weighted by Crippen LogP contribution is 2.36. The molecule has 1 fully saturated rings. The van der Waals surface area contributed by atoms with Gasteiger partial charge >= 0.3 is 12.0 Å². The molecule has 45 heavy (non-hydrogen) atoms. The van der Waals surface area contributed by atoms with E-state index in [0.717, 1.165) is 28.9 Å². The number of methoxy groups -OCH3 is 1. The third-order valence-corrected chi connectivity index (χ3v) is 7.97. The molecule has 0 saturated carbocycles. The number of urea groups is 1. The van der Waals surface area contributed by atoms with Crippen LogP contribution in [0.2, 0.25) is 0 Å². The number of anilines is 1. The number of hydrogen-bond acceptors (Lipinski definition) is 7. The van der Waals surface area contributed by atoms with Gasteiger partial charge in [0.25, 0.3) is 0 Å². The Morgan fingerprint density at radius 2 is 1.87 bits per heavy atom. The number of carbonyl (C=O) groups excluding carboxylic acids is 2. The number of furan rings is 1. The van der Waals surface area contributed by atoms with Crippen LogP contribution in [0.4, 0.5) is 19.4 Å². The Bertz CT molecular complexity index is 1820. The lowest BCUT2D eigenvalue weighted by Gasteiger charge is -2.24. The van der Waals surface area contributed by atoms with E-state index in [2.05, 4.69) is 15.7 Å². The average molecular weight is 616 g/mol. The van der Waals surface area contributed by atoms with E-state index < -0.39 is 41.6 Å². The molecule has 232 valence electrons. The minimum atomic E-state index is -1.00. The van der Waals surface area contributed by atoms with E-state index >= 15 is 0 Å². The molecule has 13 heteroatoms. The van der Waals surface area contributed by atoms with Gasteiger partial charge in [0, 0.05) is 43.4 Å². The second-order valence-corrected chi connectivity index (χ2v) is 10.9. The van der Waals surface area contributed by atoms with Gasteiger partial charge in [0.1, 0.15) is 17.3 Å². The Balaban J connectivity index is 1.32. The summed E-state index contributed by atoms with van der Waals surface area (Å²) in [6.07, 6.45) is 4.99. The van der Waals surface area contributed by atoms with Gasteiger partial charge in [0.15, 0.2) is 17.7 Å². The summed E-state index contributed by atoms with van der Waals surface area (Å²) in [5.41, 5.74) is 3.35. The van der Waals surface area contributed by atoms with E-state index in [4.69, 9.17) is 14.3 Å². The monoisotopic (exact) mass is 615 g/mol. The molecule has 2 amide bonds. The standard InChI is InChI=1S/C32H31F2N7O4/c1-19-28(21-15-35-39(2)16-21)38-41(22-8-5-4-6-9-22)30(19)37-32(43)36-26-18-40(29(31(42)44-3)27-10-7-13-45-27)17-23(26)20-11-12-24(33)25(34)14-20/h4-16,23,26,29H,17-18H2,1-3H3,(H2,36,37,43)/t23-,26+,29?/m0/s1. The number of ether oxygens (including phenoxy) is 1. The first kappa shape index (κ1) is 29.8. The summed E-state index contributed by atoms with van der Waals surface area (Å²) in [4.78, 5) is 28.4. The van der Waals surface area contributed by atoms with Crippen LogP contribution in [0.3, 0.4) is 0 Å². The predicted octanol–water partition coefficient (Wildman–Crippen LogP) is 4.96. The largest absolute Gasteiger partial charge is 0.467 e. The fourth-order valence-electron chi connectivity index (χ4n) is 5.80. The van der Waals surface area contributed by atoms with Crippen LogP contribution in [0.25, 0.3) is 16.9 Å². The number of amides is 2. The van der Waals surface area contributed by atoms with E-state index in [9.17, 15) is 18.4 Å². The maximum Gasteiger partial charge on any atom is 0.331 e. The second-order valence-electron chi connectivity index (χ2n) is 10.9. The maximum atomic E-state index is 14.4. The van der Waals surface area contributed by atoms with Crippen LogP contribution in [-0.2, 0) is 16.6 Å². The minimum absolute atomic E-state index is 0.190. The van der Waals surface area contributed by atoms with E-state index in [-0.39, 0.29) is 13.1 Å². The van der Waals surface area contributed by atoms with Crippen molar-refractivity contribution in [1.29, 1.82) is 0 Å². The number of nitrogens with one attached hydrogen (secondary N) is 2. The number of rotatable bonds is 8. The van der Waals surface area contributed by atoms with Crippen LogP contribution in [0.15, 0.2) is 83.7 Å². The fourth-order valence-corrected chi connectivity index (χ4v) is 5.80. The molecule has 3 atom stereocenters. The average Bonchev–Trinajstić information content (AvgIpc) is 3.85. The number of halogens is 2. The third-order valence-electron chi connectivity index (χ3n) is 7.97. The SMILES string of the molecule is COC(=O)C(c1ccco1)N1C[C@@H](NC(=O)Nc2c(C)c(-c3cnn(C)c3)nn2-c2ccccc2)[C@H](c2ccc(F)c(F)c2)C1. The summed E-state index contributed by atoms with van der Waals surface area (Å²) >= 11 is 0. The first-order valence-corrected chi connectivity index (χ1v) is 14.2. The van der Waals surface area contributed by atoms with Gasteiger partial charge in [-0.15, -0.1) is 0 Å². The van der Waals surface area contributed by atoms with E-state index in [1.165, 1.54) is 19.4 Å². The molecule has 11 nitrogen and oxygen atoms in total. The molecule has 0 aliphatic carbocycles. The number of likely N-dealkylation sites (tertiary alicyclic amines) is 1. The second kappa shape index (κ2) is 12.4. The predicted molar refractivity (Wildman–Crippen MR) is 161 cm³/mol. The van der Waals surface area contributed by atoms with Crippen molar-refractivity contribution in [3.05, 3.63) is 108 Å². The van der Waals surface area contributed by atoms with Gasteiger partial charge in [-0.3, -0.25) is 14.9 Å². The summed E-state index contributed by atoms with van der Waals surface area (Å²) in [7, 11) is 3.09. The van der Waals surface area contributed by atoms with E-state index in [1.807, 2.05) is 50.5 Å². The van der Waals surface area contributed by atoms with Gasteiger partial charge in [-0.05, 0) is 48.9 Å². The van der Waals surface area contributed by atoms with Crippen LogP contribution in [-0.4, -0.2) is 62.7 Å². The number of para-hydroxylation sites is 1. The van der Waals surface area contributed by atoms with E-state index in [1.54, 1.807) is 32.6 Å². The lowest BCUT2D eigenvalue weighted by Crippen LogP contribution is -2.43. The van der Waals surface area contributed by atoms with Crippen LogP contribution >= 0.6 is 0 Å². The zero-order chi connectivity index (χ0) is 31.7. The van der Waals surface area contributed by atoms with E-state index in [0.29, 0.717) is 22.8 Å². The number of aryl methyl sites for hydroxylation is 1. The normalized spacial score (nSPS) is 17.3. The number of nitrogens with zero attached hydrogens (tertiary/aromatic N) is 5. The first-order valence-electron chi connectivity index (χ1n) is 14.2.